The molecule has 0 aliphatic heterocycles. The molecule has 0 aliphatic rings. The maximum atomic E-state index is 13.3. The summed E-state index contributed by atoms with van der Waals surface area (Å²) >= 11 is 5.96. The number of methoxy groups -OCH3 is 1. The minimum Gasteiger partial charge on any atom is -0.508 e. The summed E-state index contributed by atoms with van der Waals surface area (Å²) in [5.41, 5.74) is 3.31. The first-order valence-electron chi connectivity index (χ1n) is 12.6. The minimum absolute atomic E-state index is 0.0414. The van der Waals surface area contributed by atoms with Gasteiger partial charge >= 0.3 is 5.97 Å². The normalized spacial score (nSPS) is 12.0. The molecule has 0 unspecified atom stereocenters. The van der Waals surface area contributed by atoms with Gasteiger partial charge in [-0.3, -0.25) is 4.79 Å². The number of amides is 1. The Hall–Kier alpha value is -4.24. The molecule has 0 radical (unpaired) electrons. The van der Waals surface area contributed by atoms with E-state index in [0.29, 0.717) is 22.3 Å². The average molecular weight is 561 g/mol. The average Bonchev–Trinajstić information content (AvgIpc) is 2.96. The lowest BCUT2D eigenvalue weighted by Crippen LogP contribution is -2.40. The number of phenols is 1. The highest BCUT2D eigenvalue weighted by molar-refractivity contribution is 6.30. The Labute approximate surface area is 236 Å². The van der Waals surface area contributed by atoms with Gasteiger partial charge in [0.1, 0.15) is 18.1 Å². The second-order valence-electron chi connectivity index (χ2n) is 9.07. The Kier molecular flexibility index (Phi) is 9.86. The van der Waals surface area contributed by atoms with E-state index in [2.05, 4.69) is 10.3 Å². The molecule has 4 rings (SSSR count). The van der Waals surface area contributed by atoms with Crippen LogP contribution in [0.2, 0.25) is 5.02 Å². The second kappa shape index (κ2) is 13.7. The lowest BCUT2D eigenvalue weighted by molar-refractivity contribution is 0.0436. The summed E-state index contributed by atoms with van der Waals surface area (Å²) in [4.78, 5) is 30.7. The molecular formula is C31H29ClN2O6. The van der Waals surface area contributed by atoms with E-state index >= 15 is 0 Å². The van der Waals surface area contributed by atoms with Crippen molar-refractivity contribution >= 4 is 46.5 Å². The third-order valence-corrected chi connectivity index (χ3v) is 6.32. The summed E-state index contributed by atoms with van der Waals surface area (Å²) in [5.74, 6) is -1.00. The first-order chi connectivity index (χ1) is 19.4. The number of hydrogen-bond acceptors (Lipinski definition) is 7. The third-order valence-electron chi connectivity index (χ3n) is 6.07. The minimum atomic E-state index is -0.674. The topological polar surface area (TPSA) is 118 Å². The van der Waals surface area contributed by atoms with Crippen LogP contribution in [0.5, 0.6) is 5.75 Å². The number of phenolic OH excluding ortho intramolecular Hbond substituents is 1. The number of aromatic nitrogens is 1. The van der Waals surface area contributed by atoms with Gasteiger partial charge in [0.25, 0.3) is 5.91 Å². The number of pyridine rings is 1. The van der Waals surface area contributed by atoms with E-state index in [-0.39, 0.29) is 42.9 Å². The maximum Gasteiger partial charge on any atom is 0.338 e. The molecule has 1 atom stereocenters. The number of nitrogens with zero attached hydrogens (tertiary/aromatic N) is 1. The monoisotopic (exact) mass is 560 g/mol. The molecule has 0 bridgehead atoms. The Morgan fingerprint density at radius 1 is 1.00 bits per heavy atom. The molecule has 8 nitrogen and oxygen atoms in total. The van der Waals surface area contributed by atoms with E-state index in [1.807, 2.05) is 30.4 Å². The lowest BCUT2D eigenvalue weighted by atomic mass is 10.0. The van der Waals surface area contributed by atoms with Crippen LogP contribution in [0.4, 0.5) is 0 Å². The van der Waals surface area contributed by atoms with Crippen molar-refractivity contribution in [3.8, 4) is 5.75 Å². The molecule has 0 aliphatic carbocycles. The molecule has 0 spiro atoms. The number of carbonyl (C=O) groups is 2. The number of halogens is 1. The summed E-state index contributed by atoms with van der Waals surface area (Å²) < 4.78 is 10.5. The van der Waals surface area contributed by atoms with Crippen molar-refractivity contribution in [1.82, 2.24) is 10.3 Å². The molecule has 9 heteroatoms. The lowest BCUT2D eigenvalue weighted by Gasteiger charge is -2.18. The molecule has 3 aromatic carbocycles. The van der Waals surface area contributed by atoms with Crippen molar-refractivity contribution in [2.45, 2.75) is 12.5 Å². The van der Waals surface area contributed by atoms with E-state index < -0.39 is 11.9 Å². The van der Waals surface area contributed by atoms with Crippen LogP contribution in [0.25, 0.3) is 23.1 Å². The number of aromatic hydroxyl groups is 1. The van der Waals surface area contributed by atoms with E-state index in [9.17, 15) is 14.7 Å². The van der Waals surface area contributed by atoms with E-state index in [0.717, 1.165) is 16.7 Å². The smallest absolute Gasteiger partial charge is 0.338 e. The van der Waals surface area contributed by atoms with Crippen molar-refractivity contribution in [3.05, 3.63) is 106 Å². The van der Waals surface area contributed by atoms with Crippen LogP contribution in [0.1, 0.15) is 37.5 Å². The molecule has 40 heavy (non-hydrogen) atoms. The van der Waals surface area contributed by atoms with Gasteiger partial charge in [0.05, 0.1) is 30.3 Å². The van der Waals surface area contributed by atoms with E-state index in [1.165, 1.54) is 6.07 Å². The molecule has 0 saturated heterocycles. The SMILES string of the molecule is COC[C@H](Cc1ccc(O)cc1)NC(=O)c1cc(C(=O)OCCO)c2cc(C=Cc3ccc(Cl)cc3)ccc2n1. The molecule has 0 fully saturated rings. The zero-order valence-electron chi connectivity index (χ0n) is 21.8. The molecule has 206 valence electrons. The van der Waals surface area contributed by atoms with Gasteiger partial charge in [-0.2, -0.15) is 0 Å². The predicted octanol–water partition coefficient (Wildman–Crippen LogP) is 4.90. The van der Waals surface area contributed by atoms with Crippen molar-refractivity contribution in [2.75, 3.05) is 26.9 Å². The van der Waals surface area contributed by atoms with Gasteiger partial charge in [-0.15, -0.1) is 0 Å². The Bertz CT molecular complexity index is 1500. The van der Waals surface area contributed by atoms with Crippen LogP contribution in [-0.2, 0) is 15.9 Å². The molecule has 1 amide bonds. The summed E-state index contributed by atoms with van der Waals surface area (Å²) in [6, 6.07) is 20.5. The van der Waals surface area contributed by atoms with Gasteiger partial charge in [0.15, 0.2) is 0 Å². The summed E-state index contributed by atoms with van der Waals surface area (Å²) in [5, 5.41) is 22.8. The molecule has 4 aromatic rings. The van der Waals surface area contributed by atoms with Crippen molar-refractivity contribution in [3.63, 3.8) is 0 Å². The first-order valence-corrected chi connectivity index (χ1v) is 13.0. The van der Waals surface area contributed by atoms with Crippen LogP contribution in [0, 0.1) is 0 Å². The molecule has 3 N–H and O–H groups in total. The molecule has 1 aromatic heterocycles. The van der Waals surface area contributed by atoms with Gasteiger partial charge in [0.2, 0.25) is 0 Å². The third kappa shape index (κ3) is 7.66. The number of fused-ring (bicyclic) bond motifs is 1. The van der Waals surface area contributed by atoms with Gasteiger partial charge in [-0.25, -0.2) is 9.78 Å². The largest absolute Gasteiger partial charge is 0.508 e. The van der Waals surface area contributed by atoms with Crippen LogP contribution >= 0.6 is 11.6 Å². The maximum absolute atomic E-state index is 13.3. The fraction of sp³-hybridized carbons (Fsp3) is 0.194. The number of aliphatic hydroxyl groups excluding tert-OH is 1. The van der Waals surface area contributed by atoms with E-state index in [1.54, 1.807) is 55.6 Å². The van der Waals surface area contributed by atoms with Gasteiger partial charge in [-0.05, 0) is 65.6 Å². The zero-order chi connectivity index (χ0) is 28.5. The zero-order valence-corrected chi connectivity index (χ0v) is 22.6. The van der Waals surface area contributed by atoms with Gasteiger partial charge in [-0.1, -0.05) is 54.1 Å². The second-order valence-corrected chi connectivity index (χ2v) is 9.51. The van der Waals surface area contributed by atoms with Crippen molar-refractivity contribution in [2.24, 2.45) is 0 Å². The Morgan fingerprint density at radius 2 is 1.70 bits per heavy atom. The highest BCUT2D eigenvalue weighted by Gasteiger charge is 2.21. The summed E-state index contributed by atoms with van der Waals surface area (Å²) in [6.07, 6.45) is 4.27. The number of aliphatic hydroxyl groups is 1. The number of benzene rings is 3. The Balaban J connectivity index is 1.63. The van der Waals surface area contributed by atoms with Gasteiger partial charge < -0.3 is 25.0 Å². The number of nitrogens with one attached hydrogen (secondary N) is 1. The van der Waals surface area contributed by atoms with Crippen LogP contribution in [0.3, 0.4) is 0 Å². The fourth-order valence-electron chi connectivity index (χ4n) is 4.14. The van der Waals surface area contributed by atoms with Crippen LogP contribution in [-0.4, -0.2) is 60.0 Å². The standard InChI is InChI=1S/C31H29ClN2O6/c1-39-19-24(16-21-6-11-25(36)12-7-21)33-30(37)29-18-27(31(38)40-15-14-35)26-17-22(8-13-28(26)34-29)3-2-20-4-9-23(32)10-5-20/h2-13,17-18,24,35-36H,14-16,19H2,1H3,(H,33,37)/t24-/m0/s1. The molecule has 0 saturated carbocycles. The van der Waals surface area contributed by atoms with Crippen molar-refractivity contribution in [1.29, 1.82) is 0 Å². The summed E-state index contributed by atoms with van der Waals surface area (Å²) in [6.45, 7) is -0.259. The predicted molar refractivity (Wildman–Crippen MR) is 154 cm³/mol. The highest BCUT2D eigenvalue weighted by atomic mass is 35.5. The fourth-order valence-corrected chi connectivity index (χ4v) is 4.27. The number of hydrogen-bond donors (Lipinski definition) is 3. The highest BCUT2D eigenvalue weighted by Crippen LogP contribution is 2.23. The van der Waals surface area contributed by atoms with Crippen LogP contribution < -0.4 is 5.32 Å². The first kappa shape index (κ1) is 28.8. The van der Waals surface area contributed by atoms with Gasteiger partial charge in [0, 0.05) is 17.5 Å². The number of carbonyl (C=O) groups excluding carboxylic acids is 2. The number of esters is 1. The summed E-state index contributed by atoms with van der Waals surface area (Å²) in [7, 11) is 1.54. The quantitative estimate of drug-likeness (QED) is 0.176. The van der Waals surface area contributed by atoms with Crippen LogP contribution in [0.15, 0.2) is 72.8 Å². The van der Waals surface area contributed by atoms with Crippen molar-refractivity contribution < 1.29 is 29.3 Å². The number of rotatable bonds is 11. The van der Waals surface area contributed by atoms with E-state index in [4.69, 9.17) is 26.2 Å². The Morgan fingerprint density at radius 3 is 2.40 bits per heavy atom. The number of ether oxygens (including phenoxy) is 2. The molecular weight excluding hydrogens is 532 g/mol. The molecule has 1 heterocycles.